The molecule has 1 N–H and O–H groups in total. The molecule has 10 rings (SSSR count). The van der Waals surface area contributed by atoms with Gasteiger partial charge in [-0.25, -0.2) is 0 Å². The molecule has 14 nitrogen and oxygen atoms in total. The van der Waals surface area contributed by atoms with Gasteiger partial charge in [0, 0.05) is 137 Å². The number of carbonyl (C=O) groups excluding carboxylic acids is 4. The highest BCUT2D eigenvalue weighted by atomic mass is 16.2. The molecule has 14 heteroatoms. The highest BCUT2D eigenvalue weighted by Crippen LogP contribution is 2.34. The molecular formula is C59H72N10O4. The first-order valence-electron chi connectivity index (χ1n) is 26.2. The third-order valence-corrected chi connectivity index (χ3v) is 15.3. The van der Waals surface area contributed by atoms with Gasteiger partial charge in [-0.1, -0.05) is 54.4 Å². The predicted octanol–water partition coefficient (Wildman–Crippen LogP) is 7.43. The lowest BCUT2D eigenvalue weighted by atomic mass is 9.99. The largest absolute Gasteiger partial charge is 0.340 e. The van der Waals surface area contributed by atoms with Gasteiger partial charge >= 0.3 is 0 Å². The minimum atomic E-state index is -0.0154. The van der Waals surface area contributed by atoms with Gasteiger partial charge in [-0.2, -0.15) is 10.2 Å². The average molecular weight is 985 g/mol. The maximum atomic E-state index is 13.9. The Balaban J connectivity index is 0.000000180. The molecule has 4 aromatic carbocycles. The van der Waals surface area contributed by atoms with Gasteiger partial charge in [0.25, 0.3) is 11.8 Å². The van der Waals surface area contributed by atoms with Crippen molar-refractivity contribution in [2.75, 3.05) is 68.7 Å². The van der Waals surface area contributed by atoms with E-state index in [0.29, 0.717) is 49.9 Å². The van der Waals surface area contributed by atoms with Gasteiger partial charge in [-0.3, -0.25) is 33.4 Å². The van der Waals surface area contributed by atoms with Crippen LogP contribution in [0.3, 0.4) is 0 Å². The van der Waals surface area contributed by atoms with Gasteiger partial charge in [-0.15, -0.1) is 0 Å². The molecular weight excluding hydrogens is 913 g/mol. The summed E-state index contributed by atoms with van der Waals surface area (Å²) in [5.74, 6) is 0.403. The van der Waals surface area contributed by atoms with Gasteiger partial charge in [0.2, 0.25) is 11.8 Å². The van der Waals surface area contributed by atoms with E-state index in [2.05, 4.69) is 77.6 Å². The van der Waals surface area contributed by atoms with E-state index in [1.54, 1.807) is 0 Å². The Kier molecular flexibility index (Phi) is 15.7. The number of hydrogen-bond acceptors (Lipinski definition) is 8. The summed E-state index contributed by atoms with van der Waals surface area (Å²) in [6.45, 7) is 19.4. The molecule has 73 heavy (non-hydrogen) atoms. The van der Waals surface area contributed by atoms with E-state index in [1.165, 1.54) is 11.1 Å². The normalized spacial score (nSPS) is 15.5. The first kappa shape index (κ1) is 51.0. The first-order valence-corrected chi connectivity index (χ1v) is 26.2. The summed E-state index contributed by atoms with van der Waals surface area (Å²) in [5.41, 5.74) is 16.7. The third-order valence-electron chi connectivity index (χ3n) is 15.3. The average Bonchev–Trinajstić information content (AvgIpc) is 3.79. The number of nitrogens with zero attached hydrogens (tertiary/aromatic N) is 9. The lowest BCUT2D eigenvalue weighted by Crippen LogP contribution is -2.48. The van der Waals surface area contributed by atoms with E-state index < -0.39 is 0 Å². The van der Waals surface area contributed by atoms with E-state index >= 15 is 0 Å². The van der Waals surface area contributed by atoms with Crippen molar-refractivity contribution >= 4 is 35.0 Å². The number of amides is 4. The molecule has 0 radical (unpaired) electrons. The molecule has 382 valence electrons. The molecule has 2 fully saturated rings. The van der Waals surface area contributed by atoms with Crippen LogP contribution in [0.25, 0.3) is 0 Å². The number of rotatable bonds is 10. The fourth-order valence-electron chi connectivity index (χ4n) is 11.0. The molecule has 6 aromatic rings. The minimum absolute atomic E-state index is 0.0116. The summed E-state index contributed by atoms with van der Waals surface area (Å²) >= 11 is 0. The highest BCUT2D eigenvalue weighted by molar-refractivity contribution is 6.07. The van der Waals surface area contributed by atoms with Crippen LogP contribution in [0.4, 0.5) is 11.4 Å². The second-order valence-corrected chi connectivity index (χ2v) is 20.5. The van der Waals surface area contributed by atoms with Crippen molar-refractivity contribution in [3.05, 3.63) is 163 Å². The van der Waals surface area contributed by atoms with E-state index in [1.807, 2.05) is 106 Å². The van der Waals surface area contributed by atoms with Gasteiger partial charge in [0.1, 0.15) is 0 Å². The van der Waals surface area contributed by atoms with Crippen molar-refractivity contribution in [1.29, 1.82) is 0 Å². The molecule has 0 atom stereocenters. The van der Waals surface area contributed by atoms with Crippen molar-refractivity contribution in [3.63, 3.8) is 0 Å². The van der Waals surface area contributed by atoms with E-state index in [9.17, 15) is 19.2 Å². The van der Waals surface area contributed by atoms with Gasteiger partial charge in [0.05, 0.1) is 25.5 Å². The Hall–Kier alpha value is -6.90. The Morgan fingerprint density at radius 2 is 1.00 bits per heavy atom. The molecule has 2 aromatic heterocycles. The van der Waals surface area contributed by atoms with Crippen molar-refractivity contribution in [2.24, 2.45) is 14.1 Å². The molecule has 0 saturated carbocycles. The highest BCUT2D eigenvalue weighted by Gasteiger charge is 2.30. The van der Waals surface area contributed by atoms with Crippen LogP contribution in [0.1, 0.15) is 114 Å². The van der Waals surface area contributed by atoms with Crippen LogP contribution < -0.4 is 15.1 Å². The number of nitrogens with one attached hydrogen (secondary N) is 1. The summed E-state index contributed by atoms with van der Waals surface area (Å²) in [6, 6.07) is 24.4. The second-order valence-electron chi connectivity index (χ2n) is 20.5. The molecule has 4 aliphatic rings. The number of aryl methyl sites for hydroxylation is 8. The monoisotopic (exact) mass is 985 g/mol. The number of carbonyl (C=O) groups is 4. The van der Waals surface area contributed by atoms with Crippen LogP contribution in [0, 0.1) is 27.7 Å². The molecule has 0 unspecified atom stereocenters. The lowest BCUT2D eigenvalue weighted by Gasteiger charge is -2.34. The summed E-state index contributed by atoms with van der Waals surface area (Å²) < 4.78 is 3.83. The maximum Gasteiger partial charge on any atom is 0.258 e. The van der Waals surface area contributed by atoms with Crippen molar-refractivity contribution < 1.29 is 19.2 Å². The van der Waals surface area contributed by atoms with Crippen LogP contribution in [0.2, 0.25) is 0 Å². The standard InChI is InChI=1S/C31H39N5O2.C28H33N5O2/c1-5-12-34-13-15-35(16-14-34)30(37)11-9-24-7-8-25(18-23(24)3)31(38)36-21-27-20-32-33(4)29(27)19-26-17-22(2)6-10-28(26)36;1-19-4-8-25-23(14-19)16-26-24(17-30-31(26)3)18-33(25)28(35)22-6-5-21(20(2)15-22)7-9-27(34)32-12-10-29-11-13-32/h6-8,10,17-18,20H,5,9,11-16,19,21H2,1-4H3;4-6,8,14-15,17,29H,7,9-13,16,18H2,1-3H3. The molecule has 4 amide bonds. The van der Waals surface area contributed by atoms with Crippen LogP contribution in [0.15, 0.2) is 85.2 Å². The zero-order chi connectivity index (χ0) is 51.3. The van der Waals surface area contributed by atoms with Crippen LogP contribution >= 0.6 is 0 Å². The number of piperazine rings is 2. The van der Waals surface area contributed by atoms with Crippen LogP contribution in [-0.2, 0) is 62.5 Å². The Morgan fingerprint density at radius 3 is 1.44 bits per heavy atom. The summed E-state index contributed by atoms with van der Waals surface area (Å²) in [4.78, 5) is 63.2. The van der Waals surface area contributed by atoms with Gasteiger partial charge < -0.3 is 24.9 Å². The first-order chi connectivity index (χ1) is 35.2. The maximum absolute atomic E-state index is 13.9. The number of benzene rings is 4. The van der Waals surface area contributed by atoms with Gasteiger partial charge in [-0.05, 0) is 123 Å². The van der Waals surface area contributed by atoms with Crippen LogP contribution in [0.5, 0.6) is 0 Å². The third kappa shape index (κ3) is 11.5. The summed E-state index contributed by atoms with van der Waals surface area (Å²) in [6.07, 6.45) is 8.80. The van der Waals surface area contributed by atoms with E-state index in [-0.39, 0.29) is 23.6 Å². The SMILES string of the molecule is CCCN1CCN(C(=O)CCc2ccc(C(=O)N3Cc4cnn(C)c4Cc4cc(C)ccc43)cc2C)CC1.Cc1ccc2c(c1)Cc1c(cnn1C)CN2C(=O)c1ccc(CCC(=O)N2CCNCC2)c(C)c1. The summed E-state index contributed by atoms with van der Waals surface area (Å²) in [7, 11) is 3.92. The van der Waals surface area contributed by atoms with E-state index in [0.717, 1.165) is 145 Å². The Bertz CT molecular complexity index is 3010. The number of anilines is 2. The van der Waals surface area contributed by atoms with Crippen molar-refractivity contribution in [1.82, 2.24) is 39.6 Å². The predicted molar refractivity (Wildman–Crippen MR) is 287 cm³/mol. The number of hydrogen-bond donors (Lipinski definition) is 1. The molecule has 0 spiro atoms. The van der Waals surface area contributed by atoms with Crippen LogP contribution in [-0.4, -0.2) is 117 Å². The fourth-order valence-corrected chi connectivity index (χ4v) is 11.0. The van der Waals surface area contributed by atoms with Crippen molar-refractivity contribution in [2.45, 2.75) is 92.7 Å². The Morgan fingerprint density at radius 1 is 0.548 bits per heavy atom. The smallest absolute Gasteiger partial charge is 0.258 e. The molecule has 0 bridgehead atoms. The zero-order valence-corrected chi connectivity index (χ0v) is 44.0. The van der Waals surface area contributed by atoms with E-state index in [4.69, 9.17) is 0 Å². The number of aromatic nitrogens is 4. The Labute approximate surface area is 430 Å². The second kappa shape index (κ2) is 22.5. The minimum Gasteiger partial charge on any atom is -0.340 e. The lowest BCUT2D eigenvalue weighted by molar-refractivity contribution is -0.133. The zero-order valence-electron chi connectivity index (χ0n) is 44.0. The molecule has 0 aliphatic carbocycles. The molecule has 2 saturated heterocycles. The molecule has 6 heterocycles. The van der Waals surface area contributed by atoms with Gasteiger partial charge in [0.15, 0.2) is 0 Å². The number of fused-ring (bicyclic) bond motifs is 4. The summed E-state index contributed by atoms with van der Waals surface area (Å²) in [5, 5.41) is 12.2. The fraction of sp³-hybridized carbons (Fsp3) is 0.424. The van der Waals surface area contributed by atoms with Crippen molar-refractivity contribution in [3.8, 4) is 0 Å². The molecule has 4 aliphatic heterocycles. The topological polar surface area (TPSA) is 132 Å². The quantitative estimate of drug-likeness (QED) is 0.150.